The number of nitrogens with zero attached hydrogens (tertiary/aromatic N) is 1. The molecular formula is C19H19NO3. The Morgan fingerprint density at radius 2 is 1.83 bits per heavy atom. The Kier molecular flexibility index (Phi) is 4.15. The van der Waals surface area contributed by atoms with Crippen LogP contribution >= 0.6 is 0 Å². The van der Waals surface area contributed by atoms with Crippen LogP contribution in [0.1, 0.15) is 17.5 Å². The van der Waals surface area contributed by atoms with E-state index in [-0.39, 0.29) is 18.3 Å². The van der Waals surface area contributed by atoms with Crippen molar-refractivity contribution in [2.45, 2.75) is 20.3 Å². The van der Waals surface area contributed by atoms with E-state index in [1.54, 1.807) is 11.0 Å². The molecule has 1 heterocycles. The number of carbonyl (C=O) groups is 2. The molecule has 2 aromatic carbocycles. The van der Waals surface area contributed by atoms with Crippen LogP contribution in [0.2, 0.25) is 0 Å². The van der Waals surface area contributed by atoms with E-state index in [1.165, 1.54) is 0 Å². The van der Waals surface area contributed by atoms with Gasteiger partial charge in [-0.2, -0.15) is 0 Å². The van der Waals surface area contributed by atoms with Crippen molar-refractivity contribution in [3.63, 3.8) is 0 Å². The predicted octanol–water partition coefficient (Wildman–Crippen LogP) is 3.26. The lowest BCUT2D eigenvalue weighted by Gasteiger charge is -2.16. The highest BCUT2D eigenvalue weighted by Crippen LogP contribution is 2.26. The molecule has 4 nitrogen and oxygen atoms in total. The molecule has 0 saturated carbocycles. The molecule has 0 spiro atoms. The van der Waals surface area contributed by atoms with E-state index in [1.807, 2.05) is 56.3 Å². The summed E-state index contributed by atoms with van der Waals surface area (Å²) in [6, 6.07) is 14.9. The minimum Gasteiger partial charge on any atom is -0.426 e. The van der Waals surface area contributed by atoms with Gasteiger partial charge in [0.05, 0.1) is 5.92 Å². The minimum atomic E-state index is -0.427. The van der Waals surface area contributed by atoms with E-state index in [4.69, 9.17) is 4.74 Å². The molecule has 1 atom stereocenters. The molecule has 1 saturated heterocycles. The quantitative estimate of drug-likeness (QED) is 0.646. The maximum atomic E-state index is 12.3. The topological polar surface area (TPSA) is 46.6 Å². The van der Waals surface area contributed by atoms with Crippen molar-refractivity contribution in [1.82, 2.24) is 0 Å². The second-order valence-electron chi connectivity index (χ2n) is 5.91. The fraction of sp³-hybridized carbons (Fsp3) is 0.263. The van der Waals surface area contributed by atoms with E-state index in [9.17, 15) is 9.59 Å². The summed E-state index contributed by atoms with van der Waals surface area (Å²) in [6.45, 7) is 4.35. The minimum absolute atomic E-state index is 0.0433. The zero-order chi connectivity index (χ0) is 16.4. The summed E-state index contributed by atoms with van der Waals surface area (Å²) in [5, 5.41) is 0. The van der Waals surface area contributed by atoms with Gasteiger partial charge in [-0.25, -0.2) is 0 Å². The molecule has 0 radical (unpaired) electrons. The Morgan fingerprint density at radius 1 is 1.09 bits per heavy atom. The molecule has 0 aromatic heterocycles. The van der Waals surface area contributed by atoms with Crippen LogP contribution in [-0.2, 0) is 9.59 Å². The van der Waals surface area contributed by atoms with Crippen molar-refractivity contribution in [2.24, 2.45) is 5.92 Å². The van der Waals surface area contributed by atoms with Crippen LogP contribution in [-0.4, -0.2) is 18.4 Å². The number of aryl methyl sites for hydroxylation is 2. The van der Waals surface area contributed by atoms with E-state index < -0.39 is 5.92 Å². The number of esters is 1. The summed E-state index contributed by atoms with van der Waals surface area (Å²) >= 11 is 0. The zero-order valence-corrected chi connectivity index (χ0v) is 13.3. The Morgan fingerprint density at radius 3 is 2.52 bits per heavy atom. The smallest absolute Gasteiger partial charge is 0.316 e. The molecule has 0 unspecified atom stereocenters. The van der Waals surface area contributed by atoms with Gasteiger partial charge in [0.2, 0.25) is 5.91 Å². The lowest BCUT2D eigenvalue weighted by atomic mass is 10.1. The van der Waals surface area contributed by atoms with Crippen molar-refractivity contribution >= 4 is 17.6 Å². The number of hydrogen-bond donors (Lipinski definition) is 0. The van der Waals surface area contributed by atoms with Gasteiger partial charge in [0.1, 0.15) is 5.75 Å². The first kappa shape index (κ1) is 15.3. The average molecular weight is 309 g/mol. The third kappa shape index (κ3) is 3.26. The summed E-state index contributed by atoms with van der Waals surface area (Å²) in [7, 11) is 0. The van der Waals surface area contributed by atoms with Crippen LogP contribution < -0.4 is 9.64 Å². The number of hydrogen-bond acceptors (Lipinski definition) is 3. The molecule has 1 aliphatic rings. The first-order valence-electron chi connectivity index (χ1n) is 7.69. The second-order valence-corrected chi connectivity index (χ2v) is 5.91. The van der Waals surface area contributed by atoms with Gasteiger partial charge in [0.25, 0.3) is 0 Å². The average Bonchev–Trinajstić information content (AvgIpc) is 2.94. The normalized spacial score (nSPS) is 17.4. The molecule has 4 heteroatoms. The Balaban J connectivity index is 1.69. The predicted molar refractivity (Wildman–Crippen MR) is 88.5 cm³/mol. The highest BCUT2D eigenvalue weighted by atomic mass is 16.5. The molecule has 3 rings (SSSR count). The van der Waals surface area contributed by atoms with Gasteiger partial charge >= 0.3 is 5.97 Å². The van der Waals surface area contributed by atoms with Crippen LogP contribution in [0.15, 0.2) is 48.5 Å². The van der Waals surface area contributed by atoms with Crippen molar-refractivity contribution in [1.29, 1.82) is 0 Å². The summed E-state index contributed by atoms with van der Waals surface area (Å²) in [5.41, 5.74) is 3.04. The second kappa shape index (κ2) is 6.24. The largest absolute Gasteiger partial charge is 0.426 e. The summed E-state index contributed by atoms with van der Waals surface area (Å²) in [5.74, 6) is -0.286. The van der Waals surface area contributed by atoms with Gasteiger partial charge in [-0.1, -0.05) is 24.3 Å². The summed E-state index contributed by atoms with van der Waals surface area (Å²) < 4.78 is 5.45. The highest BCUT2D eigenvalue weighted by Gasteiger charge is 2.36. The summed E-state index contributed by atoms with van der Waals surface area (Å²) in [6.07, 6.45) is 0.193. The van der Waals surface area contributed by atoms with Crippen molar-refractivity contribution in [3.8, 4) is 5.75 Å². The number of para-hydroxylation sites is 1. The van der Waals surface area contributed by atoms with Crippen molar-refractivity contribution in [2.75, 3.05) is 11.4 Å². The molecule has 1 fully saturated rings. The Hall–Kier alpha value is -2.62. The number of ether oxygens (including phenoxy) is 1. The molecule has 0 bridgehead atoms. The van der Waals surface area contributed by atoms with E-state index in [0.717, 1.165) is 16.8 Å². The number of rotatable bonds is 3. The van der Waals surface area contributed by atoms with E-state index in [2.05, 4.69) is 0 Å². The first-order chi connectivity index (χ1) is 11.0. The zero-order valence-electron chi connectivity index (χ0n) is 13.3. The molecule has 23 heavy (non-hydrogen) atoms. The van der Waals surface area contributed by atoms with Crippen LogP contribution in [0.25, 0.3) is 0 Å². The SMILES string of the molecule is Cc1ccc(OC(=O)[C@@H]2CC(=O)N(c3ccccc3)C2)cc1C. The van der Waals surface area contributed by atoms with Crippen molar-refractivity contribution < 1.29 is 14.3 Å². The number of benzene rings is 2. The molecular weight excluding hydrogens is 290 g/mol. The number of anilines is 1. The van der Waals surface area contributed by atoms with Gasteiger partial charge < -0.3 is 9.64 Å². The first-order valence-corrected chi connectivity index (χ1v) is 7.69. The van der Waals surface area contributed by atoms with Crippen LogP contribution in [0, 0.1) is 19.8 Å². The van der Waals surface area contributed by atoms with Crippen LogP contribution in [0.4, 0.5) is 5.69 Å². The third-order valence-corrected chi connectivity index (χ3v) is 4.22. The van der Waals surface area contributed by atoms with Gasteiger partial charge in [-0.3, -0.25) is 9.59 Å². The fourth-order valence-corrected chi connectivity index (χ4v) is 2.70. The maximum absolute atomic E-state index is 12.3. The molecule has 2 aromatic rings. The number of amides is 1. The lowest BCUT2D eigenvalue weighted by Crippen LogP contribution is -2.27. The van der Waals surface area contributed by atoms with E-state index in [0.29, 0.717) is 12.3 Å². The molecule has 1 amide bonds. The van der Waals surface area contributed by atoms with Crippen LogP contribution in [0.3, 0.4) is 0 Å². The Labute approximate surface area is 135 Å². The third-order valence-electron chi connectivity index (χ3n) is 4.22. The molecule has 1 aliphatic heterocycles. The summed E-state index contributed by atoms with van der Waals surface area (Å²) in [4.78, 5) is 26.1. The number of carbonyl (C=O) groups excluding carboxylic acids is 2. The van der Waals surface area contributed by atoms with Gasteiger partial charge in [-0.05, 0) is 49.2 Å². The lowest BCUT2D eigenvalue weighted by molar-refractivity contribution is -0.139. The van der Waals surface area contributed by atoms with Crippen molar-refractivity contribution in [3.05, 3.63) is 59.7 Å². The van der Waals surface area contributed by atoms with Crippen LogP contribution in [0.5, 0.6) is 5.75 Å². The van der Waals surface area contributed by atoms with E-state index >= 15 is 0 Å². The monoisotopic (exact) mass is 309 g/mol. The van der Waals surface area contributed by atoms with Gasteiger partial charge in [-0.15, -0.1) is 0 Å². The maximum Gasteiger partial charge on any atom is 0.316 e. The van der Waals surface area contributed by atoms with Gasteiger partial charge in [0, 0.05) is 18.7 Å². The standard InChI is InChI=1S/C19H19NO3/c1-13-8-9-17(10-14(13)2)23-19(22)15-11-18(21)20(12-15)16-6-4-3-5-7-16/h3-10,15H,11-12H2,1-2H3/t15-/m1/s1. The van der Waals surface area contributed by atoms with Gasteiger partial charge in [0.15, 0.2) is 0 Å². The molecule has 0 aliphatic carbocycles. The fourth-order valence-electron chi connectivity index (χ4n) is 2.70. The molecule has 0 N–H and O–H groups in total. The Bertz CT molecular complexity index is 740. The molecule has 118 valence electrons. The highest BCUT2D eigenvalue weighted by molar-refractivity contribution is 5.99.